The van der Waals surface area contributed by atoms with Gasteiger partial charge in [0.2, 0.25) is 0 Å². The first-order valence-corrected chi connectivity index (χ1v) is 9.47. The molecule has 1 aromatic heterocycles. The maximum absolute atomic E-state index is 14.2. The van der Waals surface area contributed by atoms with Gasteiger partial charge in [-0.3, -0.25) is 9.52 Å². The number of sulfonamides is 1. The molecule has 2 aromatic rings. The lowest BCUT2D eigenvalue weighted by Gasteiger charge is -2.12. The number of carbonyl (C=O) groups is 1. The second kappa shape index (κ2) is 6.97. The average molecular weight is 417 g/mol. The van der Waals surface area contributed by atoms with Crippen LogP contribution in [-0.2, 0) is 23.5 Å². The second-order valence-electron chi connectivity index (χ2n) is 6.22. The van der Waals surface area contributed by atoms with Gasteiger partial charge in [-0.2, -0.15) is 0 Å². The third-order valence-electron chi connectivity index (χ3n) is 4.30. The average Bonchev–Trinajstić information content (AvgIpc) is 2.87. The fourth-order valence-corrected chi connectivity index (χ4v) is 4.45. The number of alkyl halides is 2. The Balaban J connectivity index is 2.03. The molecule has 28 heavy (non-hydrogen) atoms. The summed E-state index contributed by atoms with van der Waals surface area (Å²) in [5.41, 5.74) is -1.75. The van der Waals surface area contributed by atoms with Gasteiger partial charge >= 0.3 is 0 Å². The molecule has 6 nitrogen and oxygen atoms in total. The number of allylic oxidation sites excluding steroid dienone is 1. The number of fused-ring (bicyclic) bond motifs is 1. The highest BCUT2D eigenvalue weighted by atomic mass is 32.2. The van der Waals surface area contributed by atoms with Crippen molar-refractivity contribution in [2.24, 2.45) is 7.05 Å². The van der Waals surface area contributed by atoms with Crippen molar-refractivity contribution < 1.29 is 30.8 Å². The number of hydrogen-bond acceptors (Lipinski definition) is 3. The van der Waals surface area contributed by atoms with Crippen LogP contribution in [0.15, 0.2) is 35.5 Å². The molecule has 1 amide bonds. The van der Waals surface area contributed by atoms with E-state index in [9.17, 15) is 30.8 Å². The predicted octanol–water partition coefficient (Wildman–Crippen LogP) is 3.23. The fraction of sp³-hybridized carbons (Fsp3) is 0.235. The van der Waals surface area contributed by atoms with E-state index >= 15 is 0 Å². The molecule has 0 aliphatic carbocycles. The van der Waals surface area contributed by atoms with Gasteiger partial charge in [0.1, 0.15) is 16.4 Å². The molecular formula is C17H15F4N3O3S. The normalized spacial score (nSPS) is 15.7. The molecular weight excluding hydrogens is 402 g/mol. The molecule has 150 valence electrons. The van der Waals surface area contributed by atoms with Gasteiger partial charge in [-0.15, -0.1) is 0 Å². The molecule has 0 radical (unpaired) electrons. The number of aryl methyl sites for hydroxylation is 1. The number of halogens is 4. The van der Waals surface area contributed by atoms with Crippen LogP contribution in [0.25, 0.3) is 0 Å². The molecule has 0 spiro atoms. The van der Waals surface area contributed by atoms with Crippen LogP contribution < -0.4 is 10.0 Å². The highest BCUT2D eigenvalue weighted by molar-refractivity contribution is 7.89. The predicted molar refractivity (Wildman–Crippen MR) is 92.5 cm³/mol. The van der Waals surface area contributed by atoms with Crippen LogP contribution in [0.5, 0.6) is 0 Å². The summed E-state index contributed by atoms with van der Waals surface area (Å²) in [6.07, 6.45) is -1.79. The van der Waals surface area contributed by atoms with E-state index in [1.807, 2.05) is 0 Å². The van der Waals surface area contributed by atoms with Crippen molar-refractivity contribution in [3.05, 3.63) is 59.1 Å². The summed E-state index contributed by atoms with van der Waals surface area (Å²) in [7, 11) is -2.52. The van der Waals surface area contributed by atoms with Crippen LogP contribution in [0.4, 0.5) is 23.2 Å². The number of nitrogens with one attached hydrogen (secondary N) is 2. The number of hydrogen-bond donors (Lipinski definition) is 2. The number of benzene rings is 1. The van der Waals surface area contributed by atoms with E-state index in [4.69, 9.17) is 0 Å². The minimum Gasteiger partial charge on any atom is -0.345 e. The number of amides is 1. The van der Waals surface area contributed by atoms with Crippen molar-refractivity contribution in [3.63, 3.8) is 0 Å². The zero-order valence-electron chi connectivity index (χ0n) is 14.5. The third kappa shape index (κ3) is 3.37. The molecule has 3 rings (SSSR count). The van der Waals surface area contributed by atoms with E-state index in [-0.39, 0.29) is 34.7 Å². The monoisotopic (exact) mass is 417 g/mol. The third-order valence-corrected chi connectivity index (χ3v) is 5.79. The van der Waals surface area contributed by atoms with Crippen LogP contribution in [0, 0.1) is 11.6 Å². The lowest BCUT2D eigenvalue weighted by molar-refractivity contribution is 0.101. The standard InChI is InChI=1S/C17H15F4N3O3S/c1-8-3-4-9-12(28(26,27)23-8)7-24(2)15(9)17(25)22-11-6-5-10(18)13(14(11)19)16(20)21/h5-7,16,23H,1,3-4H2,2H3,(H,22,25). The topological polar surface area (TPSA) is 80.2 Å². The number of anilines is 1. The van der Waals surface area contributed by atoms with E-state index in [0.717, 1.165) is 6.07 Å². The zero-order chi connectivity index (χ0) is 20.8. The van der Waals surface area contributed by atoms with Crippen molar-refractivity contribution in [1.82, 2.24) is 9.29 Å². The van der Waals surface area contributed by atoms with Crippen LogP contribution >= 0.6 is 0 Å². The molecule has 0 fully saturated rings. The molecule has 2 heterocycles. The van der Waals surface area contributed by atoms with Crippen LogP contribution in [0.3, 0.4) is 0 Å². The van der Waals surface area contributed by atoms with Gasteiger partial charge in [0.25, 0.3) is 22.4 Å². The lowest BCUT2D eigenvalue weighted by Crippen LogP contribution is -2.20. The van der Waals surface area contributed by atoms with E-state index in [1.54, 1.807) is 0 Å². The van der Waals surface area contributed by atoms with Gasteiger partial charge in [-0.05, 0) is 25.0 Å². The number of aromatic nitrogens is 1. The molecule has 1 aromatic carbocycles. The number of carbonyl (C=O) groups excluding carboxylic acids is 1. The second-order valence-corrected chi connectivity index (χ2v) is 7.87. The molecule has 2 N–H and O–H groups in total. The molecule has 0 bridgehead atoms. The van der Waals surface area contributed by atoms with Crippen LogP contribution in [0.1, 0.15) is 34.5 Å². The Morgan fingerprint density at radius 1 is 1.29 bits per heavy atom. The van der Waals surface area contributed by atoms with E-state index in [0.29, 0.717) is 6.07 Å². The van der Waals surface area contributed by atoms with Gasteiger partial charge in [-0.1, -0.05) is 6.58 Å². The van der Waals surface area contributed by atoms with Crippen molar-refractivity contribution in [3.8, 4) is 0 Å². The molecule has 0 unspecified atom stereocenters. The van der Waals surface area contributed by atoms with Crippen molar-refractivity contribution in [2.75, 3.05) is 5.32 Å². The first kappa shape index (κ1) is 19.9. The molecule has 11 heteroatoms. The van der Waals surface area contributed by atoms with Gasteiger partial charge in [-0.25, -0.2) is 26.0 Å². The Kier molecular flexibility index (Phi) is 4.96. The Hall–Kier alpha value is -2.82. The lowest BCUT2D eigenvalue weighted by atomic mass is 10.1. The number of rotatable bonds is 3. The highest BCUT2D eigenvalue weighted by Crippen LogP contribution is 2.31. The van der Waals surface area contributed by atoms with Crippen LogP contribution in [-0.4, -0.2) is 18.9 Å². The molecule has 1 aliphatic rings. The summed E-state index contributed by atoms with van der Waals surface area (Å²) in [4.78, 5) is 12.5. The minimum absolute atomic E-state index is 0.0857. The summed E-state index contributed by atoms with van der Waals surface area (Å²) in [5.74, 6) is -3.95. The summed E-state index contributed by atoms with van der Waals surface area (Å²) >= 11 is 0. The fourth-order valence-electron chi connectivity index (χ4n) is 3.04. The van der Waals surface area contributed by atoms with Gasteiger partial charge in [0.05, 0.1) is 11.3 Å². The molecule has 0 saturated heterocycles. The zero-order valence-corrected chi connectivity index (χ0v) is 15.3. The van der Waals surface area contributed by atoms with Crippen LogP contribution in [0.2, 0.25) is 0 Å². The number of nitrogens with zero attached hydrogens (tertiary/aromatic N) is 1. The van der Waals surface area contributed by atoms with Crippen molar-refractivity contribution in [1.29, 1.82) is 0 Å². The Bertz CT molecular complexity index is 1090. The van der Waals surface area contributed by atoms with E-state index in [1.165, 1.54) is 17.8 Å². The first-order valence-electron chi connectivity index (χ1n) is 7.99. The van der Waals surface area contributed by atoms with E-state index < -0.39 is 45.2 Å². The summed E-state index contributed by atoms with van der Waals surface area (Å²) < 4.78 is 81.6. The Morgan fingerprint density at radius 3 is 2.61 bits per heavy atom. The smallest absolute Gasteiger partial charge is 0.272 e. The summed E-state index contributed by atoms with van der Waals surface area (Å²) in [6, 6.07) is 1.43. The van der Waals surface area contributed by atoms with Gasteiger partial charge < -0.3 is 9.88 Å². The van der Waals surface area contributed by atoms with Crippen molar-refractivity contribution in [2.45, 2.75) is 24.2 Å². The minimum atomic E-state index is -3.94. The van der Waals surface area contributed by atoms with Crippen molar-refractivity contribution >= 4 is 21.6 Å². The largest absolute Gasteiger partial charge is 0.345 e. The summed E-state index contributed by atoms with van der Waals surface area (Å²) in [5, 5.41) is 2.11. The maximum atomic E-state index is 14.2. The Morgan fingerprint density at radius 2 is 1.96 bits per heavy atom. The van der Waals surface area contributed by atoms with Gasteiger partial charge in [0, 0.05) is 24.5 Å². The van der Waals surface area contributed by atoms with E-state index in [2.05, 4.69) is 16.6 Å². The molecule has 0 saturated carbocycles. The van der Waals surface area contributed by atoms with Gasteiger partial charge in [0.15, 0.2) is 5.82 Å². The summed E-state index contributed by atoms with van der Waals surface area (Å²) in [6.45, 7) is 3.59. The highest BCUT2D eigenvalue weighted by Gasteiger charge is 2.31. The molecule has 1 aliphatic heterocycles. The first-order chi connectivity index (χ1) is 13.0. The SMILES string of the molecule is C=C1CCc2c(cn(C)c2C(=O)Nc2ccc(F)c(C(F)F)c2F)S(=O)(=O)N1. The quantitative estimate of drug-likeness (QED) is 0.753. The molecule has 0 atom stereocenters. The Labute approximate surface area is 157 Å². The maximum Gasteiger partial charge on any atom is 0.272 e.